The van der Waals surface area contributed by atoms with Gasteiger partial charge in [-0.15, -0.1) is 0 Å². The van der Waals surface area contributed by atoms with Crippen LogP contribution in [0.25, 0.3) is 11.4 Å². The number of carbonyl (C=O) groups excluding carboxylic acids is 1. The number of nitrogens with zero attached hydrogens (tertiary/aromatic N) is 4. The van der Waals surface area contributed by atoms with Crippen LogP contribution < -0.4 is 5.56 Å². The highest BCUT2D eigenvalue weighted by molar-refractivity contribution is 5.94. The van der Waals surface area contributed by atoms with E-state index in [1.807, 2.05) is 35.0 Å². The lowest BCUT2D eigenvalue weighted by atomic mass is 10.1. The molecule has 4 rings (SSSR count). The lowest BCUT2D eigenvalue weighted by Crippen LogP contribution is -2.36. The Morgan fingerprint density at radius 3 is 2.59 bits per heavy atom. The molecule has 0 amide bonds. The quantitative estimate of drug-likeness (QED) is 0.510. The van der Waals surface area contributed by atoms with Crippen molar-refractivity contribution in [2.45, 2.75) is 26.3 Å². The molecule has 0 unspecified atom stereocenters. The second kappa shape index (κ2) is 10.1. The van der Waals surface area contributed by atoms with Crippen LogP contribution in [0.15, 0.2) is 53.6 Å². The standard InChI is InChI=1S/C25H30N4O3/c1-19-15-21(17-27(2)25(19)31)24-26-22(18-29(24)16-20-7-4-3-5-8-20)23(30)9-6-10-28-11-13-32-14-12-28/h3-5,7-8,15,17-18H,6,9-14,16H2,1-2H3. The van der Waals surface area contributed by atoms with E-state index in [1.54, 1.807) is 24.7 Å². The van der Waals surface area contributed by atoms with Gasteiger partial charge in [-0.25, -0.2) is 4.98 Å². The maximum absolute atomic E-state index is 12.9. The second-order valence-electron chi connectivity index (χ2n) is 8.37. The molecule has 0 atom stereocenters. The van der Waals surface area contributed by atoms with E-state index in [2.05, 4.69) is 17.0 Å². The topological polar surface area (TPSA) is 69.4 Å². The first kappa shape index (κ1) is 22.2. The van der Waals surface area contributed by atoms with Gasteiger partial charge in [0, 0.05) is 56.6 Å². The van der Waals surface area contributed by atoms with Crippen LogP contribution in [0.5, 0.6) is 0 Å². The van der Waals surface area contributed by atoms with Crippen LogP contribution in [-0.4, -0.2) is 57.6 Å². The van der Waals surface area contributed by atoms with Gasteiger partial charge >= 0.3 is 0 Å². The molecule has 1 saturated heterocycles. The fourth-order valence-corrected chi connectivity index (χ4v) is 4.10. The molecule has 0 spiro atoms. The Balaban J connectivity index is 1.57. The number of Topliss-reactive ketones (excluding diaryl/α,β-unsaturated/α-hetero) is 1. The summed E-state index contributed by atoms with van der Waals surface area (Å²) in [4.78, 5) is 32.2. The first-order valence-corrected chi connectivity index (χ1v) is 11.1. The van der Waals surface area contributed by atoms with Crippen molar-refractivity contribution in [3.63, 3.8) is 0 Å². The van der Waals surface area contributed by atoms with Crippen LogP contribution in [0.4, 0.5) is 0 Å². The second-order valence-corrected chi connectivity index (χ2v) is 8.37. The summed E-state index contributed by atoms with van der Waals surface area (Å²) >= 11 is 0. The van der Waals surface area contributed by atoms with Gasteiger partial charge in [-0.1, -0.05) is 30.3 Å². The molecule has 2 aromatic heterocycles. The van der Waals surface area contributed by atoms with E-state index in [9.17, 15) is 9.59 Å². The maximum atomic E-state index is 12.9. The molecule has 1 aliphatic rings. The molecule has 1 aromatic carbocycles. The first-order chi connectivity index (χ1) is 15.5. The zero-order chi connectivity index (χ0) is 22.5. The van der Waals surface area contributed by atoms with Gasteiger partial charge in [-0.3, -0.25) is 14.5 Å². The van der Waals surface area contributed by atoms with Crippen molar-refractivity contribution in [2.24, 2.45) is 7.05 Å². The number of ketones is 1. The number of pyridine rings is 1. The summed E-state index contributed by atoms with van der Waals surface area (Å²) in [5.41, 5.74) is 3.04. The van der Waals surface area contributed by atoms with Gasteiger partial charge < -0.3 is 13.9 Å². The van der Waals surface area contributed by atoms with Gasteiger partial charge in [0.25, 0.3) is 5.56 Å². The van der Waals surface area contributed by atoms with E-state index in [1.165, 1.54) is 0 Å². The number of benzene rings is 1. The summed E-state index contributed by atoms with van der Waals surface area (Å²) in [6.07, 6.45) is 4.90. The minimum absolute atomic E-state index is 0.0330. The van der Waals surface area contributed by atoms with Gasteiger partial charge in [-0.2, -0.15) is 0 Å². The highest BCUT2D eigenvalue weighted by Gasteiger charge is 2.18. The lowest BCUT2D eigenvalue weighted by molar-refractivity contribution is 0.0371. The van der Waals surface area contributed by atoms with Crippen LogP contribution in [-0.2, 0) is 18.3 Å². The van der Waals surface area contributed by atoms with Crippen molar-refractivity contribution in [1.82, 2.24) is 19.0 Å². The summed E-state index contributed by atoms with van der Waals surface area (Å²) in [6, 6.07) is 11.9. The summed E-state index contributed by atoms with van der Waals surface area (Å²) in [5, 5.41) is 0. The van der Waals surface area contributed by atoms with Crippen molar-refractivity contribution in [3.8, 4) is 11.4 Å². The average molecular weight is 435 g/mol. The minimum Gasteiger partial charge on any atom is -0.379 e. The Kier molecular flexibility index (Phi) is 6.97. The van der Waals surface area contributed by atoms with Crippen molar-refractivity contribution < 1.29 is 9.53 Å². The number of morpholine rings is 1. The summed E-state index contributed by atoms with van der Waals surface area (Å²) < 4.78 is 8.95. The average Bonchev–Trinajstić information content (AvgIpc) is 3.22. The van der Waals surface area contributed by atoms with Crippen LogP contribution >= 0.6 is 0 Å². The predicted octanol–water partition coefficient (Wildman–Crippen LogP) is 2.90. The molecule has 1 aliphatic heterocycles. The first-order valence-electron chi connectivity index (χ1n) is 11.1. The van der Waals surface area contributed by atoms with E-state index < -0.39 is 0 Å². The molecule has 3 aromatic rings. The van der Waals surface area contributed by atoms with Gasteiger partial charge in [-0.05, 0) is 31.5 Å². The molecule has 32 heavy (non-hydrogen) atoms. The Morgan fingerprint density at radius 1 is 1.12 bits per heavy atom. The molecule has 7 nitrogen and oxygen atoms in total. The number of aryl methyl sites for hydroxylation is 2. The molecular weight excluding hydrogens is 404 g/mol. The lowest BCUT2D eigenvalue weighted by Gasteiger charge is -2.26. The third-order valence-corrected chi connectivity index (χ3v) is 5.86. The molecule has 0 N–H and O–H groups in total. The summed E-state index contributed by atoms with van der Waals surface area (Å²) in [6.45, 7) is 6.68. The third kappa shape index (κ3) is 5.23. The predicted molar refractivity (Wildman–Crippen MR) is 124 cm³/mol. The number of rotatable bonds is 8. The van der Waals surface area contributed by atoms with E-state index in [0.717, 1.165) is 50.4 Å². The molecule has 3 heterocycles. The molecule has 0 radical (unpaired) electrons. The fraction of sp³-hybridized carbons (Fsp3) is 0.400. The van der Waals surface area contributed by atoms with Crippen LogP contribution in [0, 0.1) is 6.92 Å². The number of aromatic nitrogens is 3. The summed E-state index contributed by atoms with van der Waals surface area (Å²) in [7, 11) is 1.74. The molecule has 0 aliphatic carbocycles. The highest BCUT2D eigenvalue weighted by Crippen LogP contribution is 2.21. The van der Waals surface area contributed by atoms with Crippen LogP contribution in [0.1, 0.15) is 34.5 Å². The van der Waals surface area contributed by atoms with Crippen molar-refractivity contribution in [3.05, 3.63) is 76.0 Å². The normalized spacial score (nSPS) is 14.6. The Morgan fingerprint density at radius 2 is 1.88 bits per heavy atom. The van der Waals surface area contributed by atoms with Crippen molar-refractivity contribution in [1.29, 1.82) is 0 Å². The zero-order valence-electron chi connectivity index (χ0n) is 18.8. The van der Waals surface area contributed by atoms with E-state index in [-0.39, 0.29) is 11.3 Å². The smallest absolute Gasteiger partial charge is 0.253 e. The number of imidazole rings is 1. The molecule has 0 saturated carbocycles. The van der Waals surface area contributed by atoms with Gasteiger partial charge in [0.2, 0.25) is 0 Å². The Bertz CT molecular complexity index is 1100. The number of hydrogen-bond donors (Lipinski definition) is 0. The Hall–Kier alpha value is -3.03. The van der Waals surface area contributed by atoms with E-state index in [4.69, 9.17) is 9.72 Å². The minimum atomic E-state index is -0.0330. The van der Waals surface area contributed by atoms with Gasteiger partial charge in [0.1, 0.15) is 11.5 Å². The van der Waals surface area contributed by atoms with Crippen LogP contribution in [0.2, 0.25) is 0 Å². The van der Waals surface area contributed by atoms with Gasteiger partial charge in [0.15, 0.2) is 5.78 Å². The number of ether oxygens (including phenoxy) is 1. The molecule has 7 heteroatoms. The molecule has 0 bridgehead atoms. The monoisotopic (exact) mass is 434 g/mol. The molecular formula is C25H30N4O3. The zero-order valence-corrected chi connectivity index (χ0v) is 18.8. The van der Waals surface area contributed by atoms with Crippen molar-refractivity contribution >= 4 is 5.78 Å². The highest BCUT2D eigenvalue weighted by atomic mass is 16.5. The van der Waals surface area contributed by atoms with Crippen LogP contribution in [0.3, 0.4) is 0 Å². The summed E-state index contributed by atoms with van der Waals surface area (Å²) in [5.74, 6) is 0.747. The maximum Gasteiger partial charge on any atom is 0.253 e. The Labute approximate surface area is 188 Å². The SMILES string of the molecule is Cc1cc(-c2nc(C(=O)CCCN3CCOCC3)cn2Cc2ccccc2)cn(C)c1=O. The largest absolute Gasteiger partial charge is 0.379 e. The molecule has 1 fully saturated rings. The van der Waals surface area contributed by atoms with E-state index in [0.29, 0.717) is 30.0 Å². The van der Waals surface area contributed by atoms with E-state index >= 15 is 0 Å². The van der Waals surface area contributed by atoms with Gasteiger partial charge in [0.05, 0.1) is 13.2 Å². The molecule has 168 valence electrons. The number of carbonyl (C=O) groups is 1. The third-order valence-electron chi connectivity index (χ3n) is 5.86. The number of hydrogen-bond acceptors (Lipinski definition) is 5. The fourth-order valence-electron chi connectivity index (χ4n) is 4.10. The van der Waals surface area contributed by atoms with Crippen molar-refractivity contribution in [2.75, 3.05) is 32.8 Å².